The van der Waals surface area contributed by atoms with Gasteiger partial charge in [0.05, 0.1) is 0 Å². The van der Waals surface area contributed by atoms with Gasteiger partial charge in [-0.2, -0.15) is 11.8 Å². The molecular weight excluding hydrogens is 152 g/mol. The minimum atomic E-state index is 0.937. The van der Waals surface area contributed by atoms with Crippen molar-refractivity contribution in [3.63, 3.8) is 0 Å². The maximum absolute atomic E-state index is 2.37. The Morgan fingerprint density at radius 1 is 1.18 bits per heavy atom. The summed E-state index contributed by atoms with van der Waals surface area (Å²) in [7, 11) is 0. The van der Waals surface area contributed by atoms with E-state index in [0.29, 0.717) is 0 Å². The molecule has 0 fully saturated rings. The lowest BCUT2D eigenvalue weighted by Gasteiger charge is -2.08. The van der Waals surface area contributed by atoms with Crippen molar-refractivity contribution in [3.8, 4) is 0 Å². The predicted molar refractivity (Wildman–Crippen MR) is 56.3 cm³/mol. The van der Waals surface area contributed by atoms with Crippen LogP contribution in [0.2, 0.25) is 0 Å². The molecule has 0 aromatic heterocycles. The van der Waals surface area contributed by atoms with Crippen LogP contribution in [0.4, 0.5) is 0 Å². The molecule has 68 valence electrons. The molecule has 1 atom stereocenters. The lowest BCUT2D eigenvalue weighted by atomic mass is 10.1. The second-order valence-electron chi connectivity index (χ2n) is 3.26. The van der Waals surface area contributed by atoms with Crippen molar-refractivity contribution in [3.05, 3.63) is 0 Å². The molecule has 0 N–H and O–H groups in total. The molecule has 0 aliphatic rings. The molecule has 0 radical (unpaired) electrons. The molecule has 1 unspecified atom stereocenters. The second-order valence-corrected chi connectivity index (χ2v) is 4.58. The minimum Gasteiger partial charge on any atom is -0.162 e. The van der Waals surface area contributed by atoms with E-state index >= 15 is 0 Å². The molecule has 0 heterocycles. The quantitative estimate of drug-likeness (QED) is 0.527. The van der Waals surface area contributed by atoms with Crippen LogP contribution >= 0.6 is 11.8 Å². The molecule has 0 aliphatic heterocycles. The van der Waals surface area contributed by atoms with Crippen LogP contribution in [0, 0.1) is 5.92 Å². The van der Waals surface area contributed by atoms with Crippen molar-refractivity contribution in [2.75, 3.05) is 11.5 Å². The predicted octanol–water partition coefficient (Wildman–Crippen LogP) is 3.96. The van der Waals surface area contributed by atoms with Crippen molar-refractivity contribution in [1.82, 2.24) is 0 Å². The Labute approximate surface area is 76.1 Å². The molecule has 0 aromatic rings. The maximum atomic E-state index is 2.37. The number of unbranched alkanes of at least 4 members (excludes halogenated alkanes) is 2. The third kappa shape index (κ3) is 8.25. The summed E-state index contributed by atoms with van der Waals surface area (Å²) in [5.74, 6) is 3.57. The minimum absolute atomic E-state index is 0.937. The zero-order chi connectivity index (χ0) is 8.53. The highest BCUT2D eigenvalue weighted by atomic mass is 32.2. The molecule has 0 saturated carbocycles. The summed E-state index contributed by atoms with van der Waals surface area (Å²) in [5.41, 5.74) is 0. The lowest BCUT2D eigenvalue weighted by Crippen LogP contribution is -1.98. The Morgan fingerprint density at radius 3 is 2.45 bits per heavy atom. The average molecular weight is 174 g/mol. The molecule has 0 aromatic carbocycles. The van der Waals surface area contributed by atoms with Gasteiger partial charge in [0, 0.05) is 0 Å². The largest absolute Gasteiger partial charge is 0.162 e. The van der Waals surface area contributed by atoms with E-state index in [1.54, 1.807) is 0 Å². The first kappa shape index (κ1) is 11.4. The molecule has 0 saturated heterocycles. The molecule has 0 bridgehead atoms. The third-order valence-corrected chi connectivity index (χ3v) is 3.12. The summed E-state index contributed by atoms with van der Waals surface area (Å²) in [6.45, 7) is 6.88. The van der Waals surface area contributed by atoms with E-state index in [0.717, 1.165) is 5.92 Å². The van der Waals surface area contributed by atoms with Gasteiger partial charge in [-0.1, -0.05) is 40.0 Å². The Bertz CT molecular complexity index is 71.3. The molecule has 0 rings (SSSR count). The van der Waals surface area contributed by atoms with Crippen molar-refractivity contribution >= 4 is 11.8 Å². The van der Waals surface area contributed by atoms with Crippen LogP contribution in [-0.2, 0) is 0 Å². The smallest absolute Gasteiger partial charge is 0.00419 e. The van der Waals surface area contributed by atoms with E-state index in [2.05, 4.69) is 32.5 Å². The van der Waals surface area contributed by atoms with Crippen molar-refractivity contribution in [2.24, 2.45) is 5.92 Å². The van der Waals surface area contributed by atoms with Gasteiger partial charge >= 0.3 is 0 Å². The number of hydrogen-bond donors (Lipinski definition) is 0. The van der Waals surface area contributed by atoms with Crippen molar-refractivity contribution in [1.29, 1.82) is 0 Å². The zero-order valence-electron chi connectivity index (χ0n) is 8.23. The Hall–Kier alpha value is 0.350. The lowest BCUT2D eigenvalue weighted by molar-refractivity contribution is 0.541. The zero-order valence-corrected chi connectivity index (χ0v) is 9.04. The molecule has 11 heavy (non-hydrogen) atoms. The van der Waals surface area contributed by atoms with Crippen LogP contribution in [0.1, 0.15) is 46.5 Å². The summed E-state index contributed by atoms with van der Waals surface area (Å²) < 4.78 is 0. The van der Waals surface area contributed by atoms with E-state index in [9.17, 15) is 0 Å². The van der Waals surface area contributed by atoms with Crippen molar-refractivity contribution in [2.45, 2.75) is 46.5 Å². The van der Waals surface area contributed by atoms with Gasteiger partial charge in [0.2, 0.25) is 0 Å². The summed E-state index contributed by atoms with van der Waals surface area (Å²) in [5, 5.41) is 0. The van der Waals surface area contributed by atoms with Gasteiger partial charge in [-0.25, -0.2) is 0 Å². The van der Waals surface area contributed by atoms with Gasteiger partial charge in [-0.05, 0) is 23.8 Å². The van der Waals surface area contributed by atoms with Crippen LogP contribution < -0.4 is 0 Å². The van der Waals surface area contributed by atoms with Gasteiger partial charge in [0.1, 0.15) is 0 Å². The topological polar surface area (TPSA) is 0 Å². The second kappa shape index (κ2) is 8.45. The highest BCUT2D eigenvalue weighted by Crippen LogP contribution is 2.14. The highest BCUT2D eigenvalue weighted by Gasteiger charge is 1.99. The van der Waals surface area contributed by atoms with Gasteiger partial charge in [-0.15, -0.1) is 0 Å². The summed E-state index contributed by atoms with van der Waals surface area (Å²) >= 11 is 2.07. The number of thioether (sulfide) groups is 1. The van der Waals surface area contributed by atoms with E-state index in [1.165, 1.54) is 37.2 Å². The summed E-state index contributed by atoms with van der Waals surface area (Å²) in [6, 6.07) is 0. The normalized spacial score (nSPS) is 13.4. The number of hydrogen-bond acceptors (Lipinski definition) is 1. The third-order valence-electron chi connectivity index (χ3n) is 1.91. The van der Waals surface area contributed by atoms with Gasteiger partial charge in [0.15, 0.2) is 0 Å². The van der Waals surface area contributed by atoms with E-state index in [4.69, 9.17) is 0 Å². The van der Waals surface area contributed by atoms with Crippen LogP contribution in [0.5, 0.6) is 0 Å². The van der Waals surface area contributed by atoms with Crippen LogP contribution in [0.15, 0.2) is 0 Å². The summed E-state index contributed by atoms with van der Waals surface area (Å²) in [4.78, 5) is 0. The number of rotatable bonds is 7. The molecule has 0 spiro atoms. The molecule has 0 nitrogen and oxygen atoms in total. The molecule has 0 aliphatic carbocycles. The van der Waals surface area contributed by atoms with E-state index < -0.39 is 0 Å². The van der Waals surface area contributed by atoms with Crippen molar-refractivity contribution < 1.29 is 0 Å². The molecular formula is C10H22S. The Kier molecular flexibility index (Phi) is 8.72. The Balaban J connectivity index is 3.02. The maximum Gasteiger partial charge on any atom is -0.00419 e. The van der Waals surface area contributed by atoms with Crippen LogP contribution in [0.3, 0.4) is 0 Å². The standard InChI is InChI=1S/C10H22S/c1-4-6-7-8-10(3)9-11-5-2/h10H,4-9H2,1-3H3. The fraction of sp³-hybridized carbons (Fsp3) is 1.00. The first-order valence-corrected chi connectivity index (χ1v) is 6.04. The van der Waals surface area contributed by atoms with Gasteiger partial charge in [-0.3, -0.25) is 0 Å². The van der Waals surface area contributed by atoms with Gasteiger partial charge < -0.3 is 0 Å². The summed E-state index contributed by atoms with van der Waals surface area (Å²) in [6.07, 6.45) is 5.64. The monoisotopic (exact) mass is 174 g/mol. The highest BCUT2D eigenvalue weighted by molar-refractivity contribution is 7.99. The van der Waals surface area contributed by atoms with E-state index in [-0.39, 0.29) is 0 Å². The fourth-order valence-corrected chi connectivity index (χ4v) is 1.95. The first-order valence-electron chi connectivity index (χ1n) is 4.89. The van der Waals surface area contributed by atoms with E-state index in [1.807, 2.05) is 0 Å². The average Bonchev–Trinajstić information content (AvgIpc) is 2.01. The fourth-order valence-electron chi connectivity index (χ4n) is 1.15. The van der Waals surface area contributed by atoms with Gasteiger partial charge in [0.25, 0.3) is 0 Å². The molecule has 0 amide bonds. The first-order chi connectivity index (χ1) is 5.31. The molecule has 1 heteroatoms. The van der Waals surface area contributed by atoms with Crippen LogP contribution in [0.25, 0.3) is 0 Å². The van der Waals surface area contributed by atoms with Crippen LogP contribution in [-0.4, -0.2) is 11.5 Å². The SMILES string of the molecule is CCCCCC(C)CSCC. The Morgan fingerprint density at radius 2 is 1.91 bits per heavy atom.